The van der Waals surface area contributed by atoms with Gasteiger partial charge in [0.1, 0.15) is 0 Å². The van der Waals surface area contributed by atoms with Gasteiger partial charge in [-0.25, -0.2) is 0 Å². The Bertz CT molecular complexity index is 1030. The van der Waals surface area contributed by atoms with Crippen molar-refractivity contribution in [3.8, 4) is 0 Å². The van der Waals surface area contributed by atoms with Gasteiger partial charge in [-0.1, -0.05) is 24.3 Å². The zero-order chi connectivity index (χ0) is 17.1. The smallest absolute Gasteiger partial charge is 0.189 e. The molecule has 4 rings (SSSR count). The van der Waals surface area contributed by atoms with Crippen LogP contribution in [-0.2, 0) is 0 Å². The predicted molar refractivity (Wildman–Crippen MR) is 98.6 cm³/mol. The average Bonchev–Trinajstić information content (AvgIpc) is 2.55. The van der Waals surface area contributed by atoms with E-state index in [-0.39, 0.29) is 10.9 Å². The molecule has 2 N–H and O–H groups in total. The quantitative estimate of drug-likeness (QED) is 0.519. The molecule has 0 spiro atoms. The van der Waals surface area contributed by atoms with Crippen LogP contribution in [0.25, 0.3) is 21.8 Å². The van der Waals surface area contributed by atoms with E-state index < -0.39 is 0 Å². The molecule has 0 radical (unpaired) electrons. The summed E-state index contributed by atoms with van der Waals surface area (Å²) in [5, 5.41) is 1.51. The van der Waals surface area contributed by atoms with Crippen molar-refractivity contribution in [3.63, 3.8) is 0 Å². The van der Waals surface area contributed by atoms with E-state index in [1.54, 1.807) is 12.1 Å². The van der Waals surface area contributed by atoms with E-state index in [9.17, 15) is 9.59 Å². The molecule has 0 aliphatic heterocycles. The van der Waals surface area contributed by atoms with E-state index in [4.69, 9.17) is 0 Å². The van der Waals surface area contributed by atoms with Crippen molar-refractivity contribution < 1.29 is 0 Å². The van der Waals surface area contributed by atoms with Crippen LogP contribution < -0.4 is 10.9 Å². The summed E-state index contributed by atoms with van der Waals surface area (Å²) in [5.41, 5.74) is 3.78. The Labute approximate surface area is 138 Å². The molecule has 120 valence electrons. The maximum Gasteiger partial charge on any atom is 0.189 e. The van der Waals surface area contributed by atoms with Crippen molar-refractivity contribution in [2.24, 2.45) is 0 Å². The summed E-state index contributed by atoms with van der Waals surface area (Å²) in [4.78, 5) is 29.0. The van der Waals surface area contributed by atoms with Crippen LogP contribution in [0.15, 0.2) is 70.3 Å². The summed E-state index contributed by atoms with van der Waals surface area (Å²) < 4.78 is 0. The van der Waals surface area contributed by atoms with Crippen LogP contribution in [0, 0.1) is 13.8 Å². The highest BCUT2D eigenvalue weighted by Crippen LogP contribution is 2.06. The first-order valence-corrected chi connectivity index (χ1v) is 7.72. The van der Waals surface area contributed by atoms with Gasteiger partial charge in [0, 0.05) is 45.3 Å². The first-order valence-electron chi connectivity index (χ1n) is 7.72. The number of rotatable bonds is 0. The summed E-state index contributed by atoms with van der Waals surface area (Å²) in [7, 11) is 0. The Morgan fingerprint density at radius 2 is 1.00 bits per heavy atom. The molecular weight excluding hydrogens is 300 g/mol. The van der Waals surface area contributed by atoms with Crippen molar-refractivity contribution in [2.75, 3.05) is 0 Å². The van der Waals surface area contributed by atoms with E-state index in [2.05, 4.69) is 9.97 Å². The van der Waals surface area contributed by atoms with E-state index in [0.29, 0.717) is 0 Å². The third-order valence-electron chi connectivity index (χ3n) is 3.74. The van der Waals surface area contributed by atoms with E-state index >= 15 is 0 Å². The molecule has 0 saturated heterocycles. The van der Waals surface area contributed by atoms with Crippen molar-refractivity contribution >= 4 is 21.8 Å². The summed E-state index contributed by atoms with van der Waals surface area (Å²) in [5.74, 6) is 0. The minimum atomic E-state index is 0.0850. The highest BCUT2D eigenvalue weighted by Gasteiger charge is 1.97. The Balaban J connectivity index is 0.000000141. The second kappa shape index (κ2) is 6.54. The lowest BCUT2D eigenvalue weighted by molar-refractivity contribution is 1.24. The fourth-order valence-electron chi connectivity index (χ4n) is 2.66. The van der Waals surface area contributed by atoms with Crippen LogP contribution in [0.4, 0.5) is 0 Å². The van der Waals surface area contributed by atoms with Gasteiger partial charge in [0.15, 0.2) is 10.9 Å². The van der Waals surface area contributed by atoms with Crippen molar-refractivity contribution in [2.45, 2.75) is 13.8 Å². The normalized spacial score (nSPS) is 10.4. The molecule has 0 bridgehead atoms. The molecule has 0 unspecified atom stereocenters. The molecule has 0 fully saturated rings. The second-order valence-corrected chi connectivity index (χ2v) is 5.72. The molecule has 0 atom stereocenters. The van der Waals surface area contributed by atoms with E-state index in [1.807, 2.05) is 62.4 Å². The van der Waals surface area contributed by atoms with E-state index in [0.717, 1.165) is 33.2 Å². The number of aryl methyl sites for hydroxylation is 2. The lowest BCUT2D eigenvalue weighted by atomic mass is 10.2. The number of fused-ring (bicyclic) bond motifs is 2. The largest absolute Gasteiger partial charge is 0.358 e. The highest BCUT2D eigenvalue weighted by molar-refractivity contribution is 5.78. The maximum absolute atomic E-state index is 11.4. The molecule has 0 aliphatic rings. The molecule has 4 heteroatoms. The molecule has 24 heavy (non-hydrogen) atoms. The van der Waals surface area contributed by atoms with Crippen molar-refractivity contribution in [1.82, 2.24) is 9.97 Å². The fraction of sp³-hybridized carbons (Fsp3) is 0.100. The zero-order valence-electron chi connectivity index (χ0n) is 13.6. The number of aromatic amines is 2. The number of benzene rings is 2. The highest BCUT2D eigenvalue weighted by atomic mass is 16.1. The van der Waals surface area contributed by atoms with Gasteiger partial charge in [0.25, 0.3) is 0 Å². The second-order valence-electron chi connectivity index (χ2n) is 5.72. The Hall–Kier alpha value is -3.14. The lowest BCUT2D eigenvalue weighted by Gasteiger charge is -1.97. The molecule has 0 amide bonds. The predicted octanol–water partition coefficient (Wildman–Crippen LogP) is 3.67. The number of hydrogen-bond donors (Lipinski definition) is 2. The standard InChI is InChI=1S/2C10H9NO/c2*1-7-6-10(12)8-4-2-3-5-9(8)11-7/h2*2-6H,1H3,(H,11,12). The Morgan fingerprint density at radius 3 is 1.42 bits per heavy atom. The minimum Gasteiger partial charge on any atom is -0.358 e. The van der Waals surface area contributed by atoms with E-state index in [1.165, 1.54) is 0 Å². The topological polar surface area (TPSA) is 65.7 Å². The number of nitrogens with one attached hydrogen (secondary N) is 2. The van der Waals surface area contributed by atoms with Crippen molar-refractivity contribution in [3.05, 3.63) is 92.5 Å². The van der Waals surface area contributed by atoms with Crippen molar-refractivity contribution in [1.29, 1.82) is 0 Å². The van der Waals surface area contributed by atoms with Gasteiger partial charge in [0.2, 0.25) is 0 Å². The number of H-pyrrole nitrogens is 2. The third kappa shape index (κ3) is 3.27. The molecule has 2 aromatic carbocycles. The molecular formula is C20H18N2O2. The number of hydrogen-bond acceptors (Lipinski definition) is 2. The summed E-state index contributed by atoms with van der Waals surface area (Å²) in [6.45, 7) is 3.77. The fourth-order valence-corrected chi connectivity index (χ4v) is 2.66. The van der Waals surface area contributed by atoms with Crippen LogP contribution in [0.1, 0.15) is 11.4 Å². The summed E-state index contributed by atoms with van der Waals surface area (Å²) in [6, 6.07) is 18.3. The van der Waals surface area contributed by atoms with Gasteiger partial charge in [-0.15, -0.1) is 0 Å². The van der Waals surface area contributed by atoms with Gasteiger partial charge in [-0.3, -0.25) is 9.59 Å². The van der Waals surface area contributed by atoms with Crippen LogP contribution in [0.5, 0.6) is 0 Å². The molecule has 0 saturated carbocycles. The minimum absolute atomic E-state index is 0.0850. The molecule has 4 aromatic rings. The first kappa shape index (κ1) is 15.7. The number of pyridine rings is 2. The molecule has 4 nitrogen and oxygen atoms in total. The lowest BCUT2D eigenvalue weighted by Crippen LogP contribution is -2.01. The Kier molecular flexibility index (Phi) is 4.29. The SMILES string of the molecule is Cc1cc(=O)c2ccccc2[nH]1.Cc1cc(=O)c2ccccc2[nH]1. The molecule has 0 aliphatic carbocycles. The van der Waals surface area contributed by atoms with Crippen LogP contribution in [-0.4, -0.2) is 9.97 Å². The van der Waals surface area contributed by atoms with Gasteiger partial charge >= 0.3 is 0 Å². The molecule has 2 heterocycles. The van der Waals surface area contributed by atoms with Crippen LogP contribution in [0.3, 0.4) is 0 Å². The summed E-state index contributed by atoms with van der Waals surface area (Å²) >= 11 is 0. The van der Waals surface area contributed by atoms with Crippen LogP contribution >= 0.6 is 0 Å². The van der Waals surface area contributed by atoms with Gasteiger partial charge < -0.3 is 9.97 Å². The van der Waals surface area contributed by atoms with Gasteiger partial charge in [0.05, 0.1) is 0 Å². The Morgan fingerprint density at radius 1 is 0.625 bits per heavy atom. The van der Waals surface area contributed by atoms with Gasteiger partial charge in [-0.2, -0.15) is 0 Å². The van der Waals surface area contributed by atoms with Crippen LogP contribution in [0.2, 0.25) is 0 Å². The zero-order valence-corrected chi connectivity index (χ0v) is 13.6. The third-order valence-corrected chi connectivity index (χ3v) is 3.74. The number of para-hydroxylation sites is 2. The monoisotopic (exact) mass is 318 g/mol. The van der Waals surface area contributed by atoms with Gasteiger partial charge in [-0.05, 0) is 38.1 Å². The molecule has 2 aromatic heterocycles. The average molecular weight is 318 g/mol. The number of aromatic nitrogens is 2. The first-order chi connectivity index (χ1) is 11.5. The maximum atomic E-state index is 11.4. The summed E-state index contributed by atoms with van der Waals surface area (Å²) in [6.07, 6.45) is 0.